The Morgan fingerprint density at radius 3 is 2.74 bits per heavy atom. The van der Waals surface area contributed by atoms with Crippen LogP contribution in [0.25, 0.3) is 0 Å². The number of nitrogens with one attached hydrogen (secondary N) is 1. The van der Waals surface area contributed by atoms with Gasteiger partial charge < -0.3 is 10.1 Å². The highest BCUT2D eigenvalue weighted by Gasteiger charge is 2.06. The number of hydrogen-bond acceptors (Lipinski definition) is 2. The minimum absolute atomic E-state index is 0.561. The van der Waals surface area contributed by atoms with Crippen LogP contribution in [0, 0.1) is 0 Å². The molecule has 0 saturated heterocycles. The number of rotatable bonds is 4. The Bertz CT molecular complexity index is 590. The summed E-state index contributed by atoms with van der Waals surface area (Å²) in [5, 5.41) is 4.44. The molecule has 2 aromatic carbocycles. The fraction of sp³-hybridized carbons (Fsp3) is 0.143. The van der Waals surface area contributed by atoms with Gasteiger partial charge in [0.2, 0.25) is 0 Å². The van der Waals surface area contributed by atoms with Crippen LogP contribution in [0.3, 0.4) is 0 Å². The molecule has 0 fully saturated rings. The maximum Gasteiger partial charge on any atom is 0.121 e. The molecule has 0 saturated carbocycles. The molecule has 0 radical (unpaired) electrons. The predicted octanol–water partition coefficient (Wildman–Crippen LogP) is 5.38. The SMILES string of the molecule is COc1ccc(Br)c(NCc2cccc(Cl)c2Cl)c1. The third kappa shape index (κ3) is 3.56. The maximum absolute atomic E-state index is 6.15. The topological polar surface area (TPSA) is 21.3 Å². The number of methoxy groups -OCH3 is 1. The molecule has 0 amide bonds. The zero-order valence-corrected chi connectivity index (χ0v) is 13.3. The summed E-state index contributed by atoms with van der Waals surface area (Å²) in [6.45, 7) is 0.588. The van der Waals surface area contributed by atoms with Crippen molar-refractivity contribution in [2.24, 2.45) is 0 Å². The van der Waals surface area contributed by atoms with E-state index in [1.54, 1.807) is 13.2 Å². The fourth-order valence-electron chi connectivity index (χ4n) is 1.64. The minimum Gasteiger partial charge on any atom is -0.497 e. The molecule has 5 heteroatoms. The molecule has 0 aliphatic heterocycles. The lowest BCUT2D eigenvalue weighted by atomic mass is 10.2. The van der Waals surface area contributed by atoms with Gasteiger partial charge in [-0.1, -0.05) is 35.3 Å². The summed E-state index contributed by atoms with van der Waals surface area (Å²) in [4.78, 5) is 0. The van der Waals surface area contributed by atoms with Crippen LogP contribution in [0.2, 0.25) is 10.0 Å². The van der Waals surface area contributed by atoms with Crippen LogP contribution in [-0.4, -0.2) is 7.11 Å². The molecule has 2 aromatic rings. The van der Waals surface area contributed by atoms with E-state index in [-0.39, 0.29) is 0 Å². The Balaban J connectivity index is 2.16. The van der Waals surface area contributed by atoms with E-state index in [0.29, 0.717) is 16.6 Å². The van der Waals surface area contributed by atoms with E-state index in [0.717, 1.165) is 21.5 Å². The average Bonchev–Trinajstić information content (AvgIpc) is 2.42. The molecule has 0 aliphatic carbocycles. The second kappa shape index (κ2) is 6.51. The molecule has 2 nitrogen and oxygen atoms in total. The van der Waals surface area contributed by atoms with Crippen molar-refractivity contribution >= 4 is 44.8 Å². The predicted molar refractivity (Wildman–Crippen MR) is 84.5 cm³/mol. The monoisotopic (exact) mass is 359 g/mol. The van der Waals surface area contributed by atoms with Crippen molar-refractivity contribution in [1.29, 1.82) is 0 Å². The summed E-state index contributed by atoms with van der Waals surface area (Å²) in [6.07, 6.45) is 0. The van der Waals surface area contributed by atoms with Gasteiger partial charge in [0.15, 0.2) is 0 Å². The van der Waals surface area contributed by atoms with Crippen LogP contribution < -0.4 is 10.1 Å². The molecule has 0 heterocycles. The van der Waals surface area contributed by atoms with Crippen molar-refractivity contribution in [3.63, 3.8) is 0 Å². The zero-order valence-electron chi connectivity index (χ0n) is 10.2. The Labute approximate surface area is 130 Å². The first-order valence-corrected chi connectivity index (χ1v) is 7.17. The summed E-state index contributed by atoms with van der Waals surface area (Å²) in [7, 11) is 1.64. The summed E-state index contributed by atoms with van der Waals surface area (Å²) < 4.78 is 6.16. The molecule has 0 spiro atoms. The third-order valence-electron chi connectivity index (χ3n) is 2.67. The van der Waals surface area contributed by atoms with Crippen LogP contribution >= 0.6 is 39.1 Å². The van der Waals surface area contributed by atoms with Gasteiger partial charge in [-0.3, -0.25) is 0 Å². The average molecular weight is 361 g/mol. The second-order valence-electron chi connectivity index (χ2n) is 3.91. The number of hydrogen-bond donors (Lipinski definition) is 1. The highest BCUT2D eigenvalue weighted by atomic mass is 79.9. The van der Waals surface area contributed by atoms with Crippen LogP contribution in [0.4, 0.5) is 5.69 Å². The number of benzene rings is 2. The lowest BCUT2D eigenvalue weighted by Crippen LogP contribution is -2.01. The molecule has 2 rings (SSSR count). The summed E-state index contributed by atoms with van der Waals surface area (Å²) in [5.41, 5.74) is 1.89. The van der Waals surface area contributed by atoms with Gasteiger partial charge in [-0.2, -0.15) is 0 Å². The van der Waals surface area contributed by atoms with Crippen molar-refractivity contribution in [1.82, 2.24) is 0 Å². The maximum atomic E-state index is 6.15. The Kier molecular flexibility index (Phi) is 4.97. The van der Waals surface area contributed by atoms with Crippen molar-refractivity contribution in [2.45, 2.75) is 6.54 Å². The highest BCUT2D eigenvalue weighted by molar-refractivity contribution is 9.10. The van der Waals surface area contributed by atoms with Crippen molar-refractivity contribution in [2.75, 3.05) is 12.4 Å². The smallest absolute Gasteiger partial charge is 0.121 e. The van der Waals surface area contributed by atoms with Crippen molar-refractivity contribution < 1.29 is 4.74 Å². The first-order chi connectivity index (χ1) is 9.11. The second-order valence-corrected chi connectivity index (χ2v) is 5.55. The number of ether oxygens (including phenoxy) is 1. The van der Waals surface area contributed by atoms with Gasteiger partial charge in [0.1, 0.15) is 5.75 Å². The number of anilines is 1. The van der Waals surface area contributed by atoms with Crippen LogP contribution in [0.1, 0.15) is 5.56 Å². The van der Waals surface area contributed by atoms with E-state index in [1.165, 1.54) is 0 Å². The molecule has 0 bridgehead atoms. The van der Waals surface area contributed by atoms with E-state index in [1.807, 2.05) is 30.3 Å². The van der Waals surface area contributed by atoms with Gasteiger partial charge in [-0.25, -0.2) is 0 Å². The van der Waals surface area contributed by atoms with Gasteiger partial charge in [0, 0.05) is 17.1 Å². The fourth-order valence-corrected chi connectivity index (χ4v) is 2.42. The molecule has 0 aromatic heterocycles. The van der Waals surface area contributed by atoms with Gasteiger partial charge >= 0.3 is 0 Å². The van der Waals surface area contributed by atoms with Crippen molar-refractivity contribution in [3.05, 3.63) is 56.5 Å². The van der Waals surface area contributed by atoms with Crippen LogP contribution in [-0.2, 0) is 6.54 Å². The Hall–Kier alpha value is -0.900. The lowest BCUT2D eigenvalue weighted by Gasteiger charge is -2.11. The molecule has 0 unspecified atom stereocenters. The van der Waals surface area contributed by atoms with E-state index < -0.39 is 0 Å². The van der Waals surface area contributed by atoms with Crippen molar-refractivity contribution in [3.8, 4) is 5.75 Å². The Morgan fingerprint density at radius 1 is 1.21 bits per heavy atom. The minimum atomic E-state index is 0.561. The lowest BCUT2D eigenvalue weighted by molar-refractivity contribution is 0.415. The Morgan fingerprint density at radius 2 is 2.00 bits per heavy atom. The normalized spacial score (nSPS) is 10.3. The van der Waals surface area contributed by atoms with Gasteiger partial charge in [0.25, 0.3) is 0 Å². The van der Waals surface area contributed by atoms with E-state index in [9.17, 15) is 0 Å². The zero-order chi connectivity index (χ0) is 13.8. The molecule has 0 atom stereocenters. The van der Waals surface area contributed by atoms with E-state index in [2.05, 4.69) is 21.2 Å². The summed E-state index contributed by atoms with van der Waals surface area (Å²) >= 11 is 15.6. The quantitative estimate of drug-likeness (QED) is 0.790. The molecule has 1 N–H and O–H groups in total. The largest absolute Gasteiger partial charge is 0.497 e. The first kappa shape index (κ1) is 14.5. The number of halogens is 3. The van der Waals surface area contributed by atoms with Gasteiger partial charge in [-0.05, 0) is 39.7 Å². The third-order valence-corrected chi connectivity index (χ3v) is 4.22. The van der Waals surface area contributed by atoms with E-state index >= 15 is 0 Å². The standard InChI is InChI=1S/C14H12BrCl2NO/c1-19-10-5-6-11(15)13(7-10)18-8-9-3-2-4-12(16)14(9)17/h2-7,18H,8H2,1H3. The molecular formula is C14H12BrCl2NO. The van der Waals surface area contributed by atoms with Crippen LogP contribution in [0.15, 0.2) is 40.9 Å². The highest BCUT2D eigenvalue weighted by Crippen LogP contribution is 2.29. The molecular weight excluding hydrogens is 349 g/mol. The van der Waals surface area contributed by atoms with Crippen LogP contribution in [0.5, 0.6) is 5.75 Å². The first-order valence-electron chi connectivity index (χ1n) is 5.62. The molecule has 100 valence electrons. The molecule has 19 heavy (non-hydrogen) atoms. The summed E-state index contributed by atoms with van der Waals surface area (Å²) in [5.74, 6) is 0.794. The van der Waals surface area contributed by atoms with Gasteiger partial charge in [-0.15, -0.1) is 0 Å². The summed E-state index contributed by atoms with van der Waals surface area (Å²) in [6, 6.07) is 11.3. The van der Waals surface area contributed by atoms with E-state index in [4.69, 9.17) is 27.9 Å². The van der Waals surface area contributed by atoms with Gasteiger partial charge in [0.05, 0.1) is 22.8 Å². The molecule has 0 aliphatic rings.